The molecule has 32 heavy (non-hydrogen) atoms. The molecule has 7 heteroatoms. The molecule has 3 rings (SSSR count). The number of aromatic nitrogens is 2. The Labute approximate surface area is 190 Å². The molecular weight excluding hydrogens is 406 g/mol. The van der Waals surface area contributed by atoms with Gasteiger partial charge in [0.2, 0.25) is 0 Å². The van der Waals surface area contributed by atoms with E-state index < -0.39 is 11.6 Å². The van der Waals surface area contributed by atoms with Gasteiger partial charge >= 0.3 is 12.1 Å². The largest absolute Gasteiger partial charge is 0.443 e. The van der Waals surface area contributed by atoms with Gasteiger partial charge in [-0.3, -0.25) is 9.58 Å². The van der Waals surface area contributed by atoms with Crippen LogP contribution in [0.15, 0.2) is 41.8 Å². The van der Waals surface area contributed by atoms with Crippen LogP contribution in [0.5, 0.6) is 0 Å². The molecule has 0 spiro atoms. The van der Waals surface area contributed by atoms with Gasteiger partial charge in [0.1, 0.15) is 11.3 Å². The summed E-state index contributed by atoms with van der Waals surface area (Å²) in [5.74, 6) is -0.0956. The number of nitrogens with zero attached hydrogens (tertiary/aromatic N) is 3. The highest BCUT2D eigenvalue weighted by atomic mass is 16.6. The lowest BCUT2D eigenvalue weighted by atomic mass is 9.87. The first-order valence-electron chi connectivity index (χ1n) is 11.1. The first-order chi connectivity index (χ1) is 14.7. The lowest BCUT2D eigenvalue weighted by Gasteiger charge is -2.33. The molecule has 0 fully saturated rings. The van der Waals surface area contributed by atoms with Crippen LogP contribution in [-0.4, -0.2) is 38.9 Å². The number of ether oxygens (including phenoxy) is 2. The standard InChI is InChI=1S/C25H35N3O4/c1-16(2)31-22(29)20-14-21(24(3,4)5)26-28(20)19-10-9-18-15-27(12-11-17(18)13-19)23(30)32-25(6,7)8/h13-15,19H,1,9-12H2,2-8H3. The summed E-state index contributed by atoms with van der Waals surface area (Å²) in [5, 5.41) is 4.79. The van der Waals surface area contributed by atoms with Crippen LogP contribution in [0.25, 0.3) is 0 Å². The zero-order valence-electron chi connectivity index (χ0n) is 20.3. The Morgan fingerprint density at radius 1 is 1.12 bits per heavy atom. The smallest absolute Gasteiger partial charge is 0.414 e. The Kier molecular flexibility index (Phi) is 6.40. The molecule has 7 nitrogen and oxygen atoms in total. The van der Waals surface area contributed by atoms with Crippen LogP contribution in [0.3, 0.4) is 0 Å². The molecule has 0 saturated carbocycles. The van der Waals surface area contributed by atoms with Crippen molar-refractivity contribution in [3.05, 3.63) is 53.2 Å². The highest BCUT2D eigenvalue weighted by Gasteiger charge is 2.31. The number of hydrogen-bond acceptors (Lipinski definition) is 5. The maximum Gasteiger partial charge on any atom is 0.414 e. The lowest BCUT2D eigenvalue weighted by Crippen LogP contribution is -2.36. The number of rotatable bonds is 3. The maximum atomic E-state index is 12.7. The Morgan fingerprint density at radius 2 is 1.81 bits per heavy atom. The third kappa shape index (κ3) is 5.50. The van der Waals surface area contributed by atoms with Crippen molar-refractivity contribution in [1.29, 1.82) is 0 Å². The van der Waals surface area contributed by atoms with Crippen molar-refractivity contribution >= 4 is 12.1 Å². The molecule has 0 radical (unpaired) electrons. The van der Waals surface area contributed by atoms with Gasteiger partial charge in [0.05, 0.1) is 17.5 Å². The highest BCUT2D eigenvalue weighted by Crippen LogP contribution is 2.37. The highest BCUT2D eigenvalue weighted by molar-refractivity contribution is 5.88. The number of carbonyl (C=O) groups is 2. The zero-order chi connectivity index (χ0) is 23.8. The second-order valence-corrected chi connectivity index (χ2v) is 10.6. The number of esters is 1. The number of carbonyl (C=O) groups excluding carboxylic acids is 2. The van der Waals surface area contributed by atoms with E-state index >= 15 is 0 Å². The van der Waals surface area contributed by atoms with E-state index in [4.69, 9.17) is 14.6 Å². The monoisotopic (exact) mass is 441 g/mol. The van der Waals surface area contributed by atoms with Crippen LogP contribution in [0.4, 0.5) is 4.79 Å². The summed E-state index contributed by atoms with van der Waals surface area (Å²) in [4.78, 5) is 26.8. The number of fused-ring (bicyclic) bond motifs is 1. The first-order valence-corrected chi connectivity index (χ1v) is 11.1. The molecule has 1 aliphatic carbocycles. The van der Waals surface area contributed by atoms with Crippen LogP contribution in [-0.2, 0) is 14.9 Å². The van der Waals surface area contributed by atoms with Crippen LogP contribution in [0.2, 0.25) is 0 Å². The van der Waals surface area contributed by atoms with Crippen LogP contribution >= 0.6 is 0 Å². The Bertz CT molecular complexity index is 986. The van der Waals surface area contributed by atoms with Gasteiger partial charge in [0, 0.05) is 18.2 Å². The summed E-state index contributed by atoms with van der Waals surface area (Å²) in [6.07, 6.45) is 6.04. The second-order valence-electron chi connectivity index (χ2n) is 10.6. The van der Waals surface area contributed by atoms with Gasteiger partial charge in [-0.25, -0.2) is 9.59 Å². The van der Waals surface area contributed by atoms with Gasteiger partial charge in [-0.05, 0) is 64.2 Å². The van der Waals surface area contributed by atoms with E-state index in [1.807, 2.05) is 33.0 Å². The first kappa shape index (κ1) is 23.8. The third-order valence-electron chi connectivity index (χ3n) is 5.37. The average Bonchev–Trinajstić information content (AvgIpc) is 3.11. The third-order valence-corrected chi connectivity index (χ3v) is 5.37. The number of amides is 1. The molecular formula is C25H35N3O4. The summed E-state index contributed by atoms with van der Waals surface area (Å²) >= 11 is 0. The molecule has 0 N–H and O–H groups in total. The summed E-state index contributed by atoms with van der Waals surface area (Å²) in [6, 6.07) is 1.76. The van der Waals surface area contributed by atoms with E-state index in [2.05, 4.69) is 33.4 Å². The predicted molar refractivity (Wildman–Crippen MR) is 123 cm³/mol. The predicted octanol–water partition coefficient (Wildman–Crippen LogP) is 5.66. The van der Waals surface area contributed by atoms with Crippen molar-refractivity contribution in [3.63, 3.8) is 0 Å². The quantitative estimate of drug-likeness (QED) is 0.447. The fourth-order valence-corrected chi connectivity index (χ4v) is 3.81. The maximum absolute atomic E-state index is 12.7. The fourth-order valence-electron chi connectivity index (χ4n) is 3.81. The van der Waals surface area contributed by atoms with E-state index in [1.165, 1.54) is 5.57 Å². The Morgan fingerprint density at radius 3 is 2.41 bits per heavy atom. The van der Waals surface area contributed by atoms with E-state index in [1.54, 1.807) is 16.5 Å². The minimum absolute atomic E-state index is 0.0565. The molecule has 1 aliphatic heterocycles. The molecule has 1 unspecified atom stereocenters. The van der Waals surface area contributed by atoms with Crippen molar-refractivity contribution in [2.75, 3.05) is 6.54 Å². The summed E-state index contributed by atoms with van der Waals surface area (Å²) in [7, 11) is 0. The summed E-state index contributed by atoms with van der Waals surface area (Å²) in [5.41, 5.74) is 2.86. The molecule has 1 amide bonds. The fraction of sp³-hybridized carbons (Fsp3) is 0.560. The van der Waals surface area contributed by atoms with E-state index in [0.29, 0.717) is 18.0 Å². The Hall–Kier alpha value is -2.83. The van der Waals surface area contributed by atoms with Crippen molar-refractivity contribution in [2.24, 2.45) is 0 Å². The lowest BCUT2D eigenvalue weighted by molar-refractivity contribution is 0.0329. The normalized spacial score (nSPS) is 19.0. The number of hydrogen-bond donors (Lipinski definition) is 0. The van der Waals surface area contributed by atoms with Gasteiger partial charge < -0.3 is 9.47 Å². The molecule has 174 valence electrons. The Balaban J connectivity index is 1.89. The minimum atomic E-state index is -0.525. The second kappa shape index (κ2) is 8.60. The summed E-state index contributed by atoms with van der Waals surface area (Å²) in [6.45, 7) is 17.7. The van der Waals surface area contributed by atoms with Gasteiger partial charge in [0.25, 0.3) is 0 Å². The van der Waals surface area contributed by atoms with Gasteiger partial charge in [0.15, 0.2) is 0 Å². The molecule has 1 aromatic heterocycles. The van der Waals surface area contributed by atoms with Crippen molar-refractivity contribution in [1.82, 2.24) is 14.7 Å². The van der Waals surface area contributed by atoms with E-state index in [9.17, 15) is 9.59 Å². The minimum Gasteiger partial charge on any atom is -0.443 e. The zero-order valence-corrected chi connectivity index (χ0v) is 20.3. The van der Waals surface area contributed by atoms with Crippen molar-refractivity contribution in [3.8, 4) is 0 Å². The topological polar surface area (TPSA) is 73.7 Å². The van der Waals surface area contributed by atoms with E-state index in [-0.39, 0.29) is 17.6 Å². The van der Waals surface area contributed by atoms with Crippen LogP contribution in [0.1, 0.15) is 90.0 Å². The van der Waals surface area contributed by atoms with Gasteiger partial charge in [-0.2, -0.15) is 5.10 Å². The molecule has 0 bridgehead atoms. The van der Waals surface area contributed by atoms with Crippen LogP contribution in [0, 0.1) is 0 Å². The molecule has 0 aromatic carbocycles. The molecule has 0 saturated heterocycles. The molecule has 1 atom stereocenters. The number of allylic oxidation sites excluding steroid dienone is 3. The van der Waals surface area contributed by atoms with Crippen molar-refractivity contribution < 1.29 is 19.1 Å². The van der Waals surface area contributed by atoms with Crippen LogP contribution < -0.4 is 0 Å². The average molecular weight is 442 g/mol. The molecule has 1 aromatic rings. The van der Waals surface area contributed by atoms with Gasteiger partial charge in [-0.15, -0.1) is 0 Å². The summed E-state index contributed by atoms with van der Waals surface area (Å²) < 4.78 is 12.6. The molecule has 2 aliphatic rings. The SMILES string of the molecule is C=C(C)OC(=O)c1cc(C(C)(C)C)nn1C1C=C2CCN(C(=O)OC(C)(C)C)C=C2CC1. The van der Waals surface area contributed by atoms with Gasteiger partial charge in [-0.1, -0.05) is 33.4 Å². The van der Waals surface area contributed by atoms with E-state index in [0.717, 1.165) is 30.5 Å². The van der Waals surface area contributed by atoms with Crippen molar-refractivity contribution in [2.45, 2.75) is 84.8 Å². The molecule has 2 heterocycles.